The third-order valence-electron chi connectivity index (χ3n) is 5.02. The molecule has 3 aromatic rings. The Morgan fingerprint density at radius 1 is 1.18 bits per heavy atom. The molecule has 1 aliphatic rings. The molecule has 0 spiro atoms. The second-order valence-corrected chi connectivity index (χ2v) is 6.91. The number of carbonyl (C=O) groups excluding carboxylic acids is 1. The molecule has 0 aliphatic carbocycles. The first-order valence-corrected chi connectivity index (χ1v) is 9.15. The van der Waals surface area contributed by atoms with Crippen molar-refractivity contribution in [2.45, 2.75) is 19.5 Å². The van der Waals surface area contributed by atoms with Gasteiger partial charge in [0.15, 0.2) is 0 Å². The highest BCUT2D eigenvalue weighted by atomic mass is 19.1. The molecule has 1 aliphatic heterocycles. The van der Waals surface area contributed by atoms with E-state index in [4.69, 9.17) is 4.74 Å². The van der Waals surface area contributed by atoms with Gasteiger partial charge in [-0.05, 0) is 35.7 Å². The van der Waals surface area contributed by atoms with E-state index in [1.807, 2.05) is 12.1 Å². The molecule has 2 aromatic carbocycles. The molecule has 7 heteroatoms. The largest absolute Gasteiger partial charge is 0.383 e. The number of nitrogens with zero attached hydrogens (tertiary/aromatic N) is 2. The van der Waals surface area contributed by atoms with Crippen LogP contribution < -0.4 is 5.32 Å². The average molecular weight is 385 g/mol. The number of amides is 2. The van der Waals surface area contributed by atoms with Gasteiger partial charge in [0.25, 0.3) is 0 Å². The Morgan fingerprint density at radius 2 is 1.96 bits per heavy atom. The summed E-state index contributed by atoms with van der Waals surface area (Å²) in [6.45, 7) is 2.35. The number of hydrogen-bond acceptors (Lipinski definition) is 2. The molecule has 0 saturated heterocycles. The van der Waals surface area contributed by atoms with E-state index in [-0.39, 0.29) is 11.7 Å². The summed E-state index contributed by atoms with van der Waals surface area (Å²) in [6, 6.07) is 8.68. The highest BCUT2D eigenvalue weighted by molar-refractivity contribution is 5.91. The molecule has 0 bridgehead atoms. The molecular formula is C21H21F2N3O2. The number of methoxy groups -OCH3 is 1. The Balaban J connectivity index is 1.58. The van der Waals surface area contributed by atoms with Gasteiger partial charge in [-0.1, -0.05) is 12.1 Å². The number of nitrogens with one attached hydrogen (secondary N) is 1. The van der Waals surface area contributed by atoms with Crippen molar-refractivity contribution in [2.75, 3.05) is 25.6 Å². The number of halogens is 2. The Morgan fingerprint density at radius 3 is 2.71 bits per heavy atom. The number of carbonyl (C=O) groups is 1. The third kappa shape index (κ3) is 3.57. The summed E-state index contributed by atoms with van der Waals surface area (Å²) in [5.41, 5.74) is 3.48. The van der Waals surface area contributed by atoms with Crippen LogP contribution in [-0.4, -0.2) is 35.8 Å². The lowest BCUT2D eigenvalue weighted by Gasteiger charge is -2.22. The summed E-state index contributed by atoms with van der Waals surface area (Å²) in [5, 5.41) is 3.77. The third-order valence-corrected chi connectivity index (χ3v) is 5.02. The van der Waals surface area contributed by atoms with Gasteiger partial charge in [-0.2, -0.15) is 0 Å². The van der Waals surface area contributed by atoms with Crippen molar-refractivity contribution < 1.29 is 18.3 Å². The van der Waals surface area contributed by atoms with E-state index in [2.05, 4.69) is 22.1 Å². The van der Waals surface area contributed by atoms with E-state index in [0.29, 0.717) is 26.1 Å². The highest BCUT2D eigenvalue weighted by Crippen LogP contribution is 2.30. The number of ether oxygens (including phenoxy) is 1. The van der Waals surface area contributed by atoms with Crippen LogP contribution in [0.2, 0.25) is 0 Å². The van der Waals surface area contributed by atoms with E-state index in [0.717, 1.165) is 35.8 Å². The van der Waals surface area contributed by atoms with E-state index in [1.165, 1.54) is 10.9 Å². The van der Waals surface area contributed by atoms with Gasteiger partial charge in [-0.3, -0.25) is 0 Å². The molecule has 0 atom stereocenters. The summed E-state index contributed by atoms with van der Waals surface area (Å²) in [7, 11) is 1.68. The quantitative estimate of drug-likeness (QED) is 0.733. The lowest BCUT2D eigenvalue weighted by Crippen LogP contribution is -2.35. The minimum atomic E-state index is -0.725. The zero-order valence-electron chi connectivity index (χ0n) is 15.5. The van der Waals surface area contributed by atoms with Crippen LogP contribution in [0.4, 0.5) is 19.3 Å². The molecule has 2 heterocycles. The number of urea groups is 1. The first kappa shape index (κ1) is 18.4. The van der Waals surface area contributed by atoms with Crippen molar-refractivity contribution in [1.82, 2.24) is 9.47 Å². The fraction of sp³-hybridized carbons (Fsp3) is 0.286. The summed E-state index contributed by atoms with van der Waals surface area (Å²) in [6.07, 6.45) is 2.83. The molecule has 0 radical (unpaired) electrons. The van der Waals surface area contributed by atoms with Gasteiger partial charge in [0.2, 0.25) is 0 Å². The van der Waals surface area contributed by atoms with Crippen LogP contribution in [-0.2, 0) is 24.2 Å². The number of anilines is 1. The van der Waals surface area contributed by atoms with E-state index >= 15 is 0 Å². The van der Waals surface area contributed by atoms with Crippen LogP contribution in [0.1, 0.15) is 11.1 Å². The number of aromatic nitrogens is 1. The minimum Gasteiger partial charge on any atom is -0.383 e. The Kier molecular flexibility index (Phi) is 5.00. The highest BCUT2D eigenvalue weighted by Gasteiger charge is 2.22. The zero-order valence-corrected chi connectivity index (χ0v) is 15.5. The van der Waals surface area contributed by atoms with Crippen molar-refractivity contribution in [1.29, 1.82) is 0 Å². The van der Waals surface area contributed by atoms with E-state index in [1.54, 1.807) is 12.0 Å². The maximum absolute atomic E-state index is 13.4. The Labute approximate surface area is 161 Å². The van der Waals surface area contributed by atoms with Crippen LogP contribution in [0.25, 0.3) is 10.9 Å². The first-order valence-electron chi connectivity index (χ1n) is 9.15. The smallest absolute Gasteiger partial charge is 0.322 e. The lowest BCUT2D eigenvalue weighted by atomic mass is 10.1. The van der Waals surface area contributed by atoms with Crippen LogP contribution in [0.15, 0.2) is 42.6 Å². The van der Waals surface area contributed by atoms with Gasteiger partial charge in [0.1, 0.15) is 11.6 Å². The van der Waals surface area contributed by atoms with Crippen molar-refractivity contribution in [2.24, 2.45) is 0 Å². The van der Waals surface area contributed by atoms with Crippen LogP contribution in [0, 0.1) is 11.6 Å². The molecule has 0 fully saturated rings. The zero-order chi connectivity index (χ0) is 19.7. The molecule has 5 nitrogen and oxygen atoms in total. The van der Waals surface area contributed by atoms with Gasteiger partial charge >= 0.3 is 6.03 Å². The fourth-order valence-electron chi connectivity index (χ4n) is 3.76. The maximum atomic E-state index is 13.4. The van der Waals surface area contributed by atoms with Crippen molar-refractivity contribution >= 4 is 22.6 Å². The molecule has 28 heavy (non-hydrogen) atoms. The van der Waals surface area contributed by atoms with Crippen molar-refractivity contribution in [3.8, 4) is 0 Å². The average Bonchev–Trinajstić information content (AvgIpc) is 2.89. The van der Waals surface area contributed by atoms with Gasteiger partial charge < -0.3 is 19.5 Å². The summed E-state index contributed by atoms with van der Waals surface area (Å²) in [4.78, 5) is 14.4. The summed E-state index contributed by atoms with van der Waals surface area (Å²) in [5.74, 6) is -1.45. The Bertz CT molecular complexity index is 1010. The number of benzene rings is 2. The van der Waals surface area contributed by atoms with Gasteiger partial charge in [0.05, 0.1) is 6.61 Å². The van der Waals surface area contributed by atoms with Gasteiger partial charge in [-0.25, -0.2) is 13.6 Å². The molecule has 146 valence electrons. The molecular weight excluding hydrogens is 364 g/mol. The fourth-order valence-corrected chi connectivity index (χ4v) is 3.76. The predicted molar refractivity (Wildman–Crippen MR) is 103 cm³/mol. The van der Waals surface area contributed by atoms with Gasteiger partial charge in [0, 0.05) is 55.6 Å². The van der Waals surface area contributed by atoms with Crippen LogP contribution >= 0.6 is 0 Å². The van der Waals surface area contributed by atoms with Crippen LogP contribution in [0.3, 0.4) is 0 Å². The standard InChI is InChI=1S/C21H21F2N3O2/c1-28-8-7-25-12-15-5-6-26(13-14-3-2-4-19(25)20(14)15)21(27)24-18-10-16(22)9-17(23)11-18/h2-4,9-12H,5-8,13H2,1H3,(H,24,27). The van der Waals surface area contributed by atoms with Gasteiger partial charge in [-0.15, -0.1) is 0 Å². The second kappa shape index (κ2) is 7.59. The van der Waals surface area contributed by atoms with Crippen LogP contribution in [0.5, 0.6) is 0 Å². The van der Waals surface area contributed by atoms with Crippen molar-refractivity contribution in [3.05, 3.63) is 65.4 Å². The number of rotatable bonds is 4. The lowest BCUT2D eigenvalue weighted by molar-refractivity contribution is 0.188. The Hall–Kier alpha value is -2.93. The normalized spacial score (nSPS) is 13.6. The van der Waals surface area contributed by atoms with E-state index < -0.39 is 11.6 Å². The topological polar surface area (TPSA) is 46.5 Å². The molecule has 4 rings (SSSR count). The molecule has 1 N–H and O–H groups in total. The molecule has 0 unspecified atom stereocenters. The predicted octanol–water partition coefficient (Wildman–Crippen LogP) is 4.16. The molecule has 1 aromatic heterocycles. The first-order chi connectivity index (χ1) is 13.5. The number of hydrogen-bond donors (Lipinski definition) is 1. The second-order valence-electron chi connectivity index (χ2n) is 6.91. The SMILES string of the molecule is COCCn1cc2c3c(cccc31)CN(C(=O)Nc1cc(F)cc(F)c1)CC2. The van der Waals surface area contributed by atoms with Crippen molar-refractivity contribution in [3.63, 3.8) is 0 Å². The minimum absolute atomic E-state index is 0.106. The van der Waals surface area contributed by atoms with E-state index in [9.17, 15) is 13.6 Å². The molecule has 2 amide bonds. The molecule has 0 saturated carbocycles. The maximum Gasteiger partial charge on any atom is 0.322 e. The summed E-state index contributed by atoms with van der Waals surface area (Å²) >= 11 is 0. The monoisotopic (exact) mass is 385 g/mol. The summed E-state index contributed by atoms with van der Waals surface area (Å²) < 4.78 is 34.1.